The Morgan fingerprint density at radius 2 is 2.12 bits per heavy atom. The number of hydrogen-bond donors (Lipinski definition) is 0. The molecule has 16 heavy (non-hydrogen) atoms. The second-order valence-electron chi connectivity index (χ2n) is 5.65. The van der Waals surface area contributed by atoms with E-state index in [1.807, 2.05) is 0 Å². The van der Waals surface area contributed by atoms with Gasteiger partial charge >= 0.3 is 0 Å². The van der Waals surface area contributed by atoms with Crippen LogP contribution in [0.3, 0.4) is 0 Å². The lowest BCUT2D eigenvalue weighted by Crippen LogP contribution is -2.23. The standard InChI is InChI=1S/C14H20O2/c1-9-13-4-2-3-10(13)5-12(15)6-11-7-16-8-14(9)11/h10-11,14H,2-8H2,1H3/b13-9-/t10-,11+,14-/m0/s1. The highest BCUT2D eigenvalue weighted by Crippen LogP contribution is 2.43. The van der Waals surface area contributed by atoms with Gasteiger partial charge in [0.2, 0.25) is 0 Å². The number of carbonyl (C=O) groups is 1. The Bertz CT molecular complexity index is 343. The first-order chi connectivity index (χ1) is 7.75. The summed E-state index contributed by atoms with van der Waals surface area (Å²) in [6.07, 6.45) is 5.30. The van der Waals surface area contributed by atoms with Crippen LogP contribution in [0.15, 0.2) is 11.1 Å². The average Bonchev–Trinajstić information content (AvgIpc) is 2.84. The highest BCUT2D eigenvalue weighted by molar-refractivity contribution is 5.79. The van der Waals surface area contributed by atoms with Crippen molar-refractivity contribution in [2.75, 3.05) is 13.2 Å². The first kappa shape index (κ1) is 10.5. The molecule has 0 aromatic carbocycles. The van der Waals surface area contributed by atoms with Crippen molar-refractivity contribution in [1.82, 2.24) is 0 Å². The van der Waals surface area contributed by atoms with Crippen molar-refractivity contribution in [2.24, 2.45) is 17.8 Å². The summed E-state index contributed by atoms with van der Waals surface area (Å²) in [7, 11) is 0. The Labute approximate surface area is 97.1 Å². The zero-order chi connectivity index (χ0) is 11.1. The number of fused-ring (bicyclic) bond motifs is 2. The van der Waals surface area contributed by atoms with E-state index in [9.17, 15) is 4.79 Å². The molecule has 2 fully saturated rings. The highest BCUT2D eigenvalue weighted by Gasteiger charge is 2.37. The van der Waals surface area contributed by atoms with Crippen molar-refractivity contribution < 1.29 is 9.53 Å². The smallest absolute Gasteiger partial charge is 0.133 e. The summed E-state index contributed by atoms with van der Waals surface area (Å²) < 4.78 is 5.58. The van der Waals surface area contributed by atoms with Crippen LogP contribution >= 0.6 is 0 Å². The molecule has 0 aromatic heterocycles. The van der Waals surface area contributed by atoms with Gasteiger partial charge in [-0.2, -0.15) is 0 Å². The van der Waals surface area contributed by atoms with Crippen molar-refractivity contribution in [3.63, 3.8) is 0 Å². The number of ether oxygens (including phenoxy) is 1. The van der Waals surface area contributed by atoms with Crippen LogP contribution in [-0.2, 0) is 9.53 Å². The maximum Gasteiger partial charge on any atom is 0.133 e. The topological polar surface area (TPSA) is 26.3 Å². The highest BCUT2D eigenvalue weighted by atomic mass is 16.5. The van der Waals surface area contributed by atoms with Gasteiger partial charge in [0, 0.05) is 18.8 Å². The third kappa shape index (κ3) is 1.64. The fraction of sp³-hybridized carbons (Fsp3) is 0.786. The molecule has 1 saturated heterocycles. The lowest BCUT2D eigenvalue weighted by atomic mass is 9.77. The number of carbonyl (C=O) groups excluding carboxylic acids is 1. The van der Waals surface area contributed by atoms with E-state index in [0.717, 1.165) is 26.1 Å². The minimum absolute atomic E-state index is 0.470. The van der Waals surface area contributed by atoms with Crippen LogP contribution in [0.25, 0.3) is 0 Å². The second-order valence-corrected chi connectivity index (χ2v) is 5.65. The van der Waals surface area contributed by atoms with Crippen molar-refractivity contribution >= 4 is 5.78 Å². The molecule has 2 nitrogen and oxygen atoms in total. The summed E-state index contributed by atoms with van der Waals surface area (Å²) in [5.41, 5.74) is 3.17. The molecule has 3 atom stereocenters. The van der Waals surface area contributed by atoms with E-state index in [-0.39, 0.29) is 0 Å². The van der Waals surface area contributed by atoms with E-state index in [1.165, 1.54) is 19.3 Å². The maximum absolute atomic E-state index is 11.9. The molecule has 0 N–H and O–H groups in total. The lowest BCUT2D eigenvalue weighted by molar-refractivity contribution is -0.120. The number of rotatable bonds is 0. The van der Waals surface area contributed by atoms with Crippen LogP contribution in [0.2, 0.25) is 0 Å². The fourth-order valence-corrected chi connectivity index (χ4v) is 3.83. The Hall–Kier alpha value is -0.630. The normalized spacial score (nSPS) is 43.8. The number of allylic oxidation sites excluding steroid dienone is 1. The SMILES string of the molecule is C/C1=C2\CCC[C@H]2CC(=O)C[C@@H]2COC[C@@H]12. The van der Waals surface area contributed by atoms with E-state index < -0.39 is 0 Å². The van der Waals surface area contributed by atoms with E-state index >= 15 is 0 Å². The minimum atomic E-state index is 0.470. The molecule has 0 unspecified atom stereocenters. The van der Waals surface area contributed by atoms with Gasteiger partial charge < -0.3 is 4.74 Å². The van der Waals surface area contributed by atoms with Gasteiger partial charge in [0.25, 0.3) is 0 Å². The van der Waals surface area contributed by atoms with Gasteiger partial charge in [-0.3, -0.25) is 4.79 Å². The number of hydrogen-bond acceptors (Lipinski definition) is 2. The van der Waals surface area contributed by atoms with Gasteiger partial charge in [0.15, 0.2) is 0 Å². The van der Waals surface area contributed by atoms with E-state index in [1.54, 1.807) is 11.1 Å². The molecule has 1 aliphatic heterocycles. The number of ketones is 1. The van der Waals surface area contributed by atoms with Crippen LogP contribution < -0.4 is 0 Å². The maximum atomic E-state index is 11.9. The molecular formula is C14H20O2. The molecule has 3 rings (SSSR count). The molecule has 88 valence electrons. The molecule has 0 radical (unpaired) electrons. The van der Waals surface area contributed by atoms with Gasteiger partial charge in [-0.05, 0) is 38.0 Å². The Morgan fingerprint density at radius 1 is 1.25 bits per heavy atom. The molecular weight excluding hydrogens is 200 g/mol. The van der Waals surface area contributed by atoms with Crippen molar-refractivity contribution in [3.8, 4) is 0 Å². The van der Waals surface area contributed by atoms with E-state index in [2.05, 4.69) is 6.92 Å². The van der Waals surface area contributed by atoms with Crippen LogP contribution in [0.4, 0.5) is 0 Å². The minimum Gasteiger partial charge on any atom is -0.380 e. The third-order valence-corrected chi connectivity index (χ3v) is 4.72. The van der Waals surface area contributed by atoms with Crippen molar-refractivity contribution in [3.05, 3.63) is 11.1 Å². The van der Waals surface area contributed by atoms with Crippen LogP contribution in [0, 0.1) is 17.8 Å². The Morgan fingerprint density at radius 3 is 3.00 bits per heavy atom. The Kier molecular flexibility index (Phi) is 2.62. The second kappa shape index (κ2) is 3.99. The molecule has 2 heteroatoms. The lowest BCUT2D eigenvalue weighted by Gasteiger charge is -2.26. The third-order valence-electron chi connectivity index (χ3n) is 4.72. The van der Waals surface area contributed by atoms with E-state index in [4.69, 9.17) is 4.74 Å². The first-order valence-electron chi connectivity index (χ1n) is 6.54. The summed E-state index contributed by atoms with van der Waals surface area (Å²) >= 11 is 0. The van der Waals surface area contributed by atoms with Crippen molar-refractivity contribution in [1.29, 1.82) is 0 Å². The molecule has 0 amide bonds. The fourth-order valence-electron chi connectivity index (χ4n) is 3.83. The molecule has 2 aliphatic carbocycles. The van der Waals surface area contributed by atoms with Crippen LogP contribution in [0.1, 0.15) is 39.0 Å². The molecule has 1 saturated carbocycles. The molecule has 0 aromatic rings. The van der Waals surface area contributed by atoms with Gasteiger partial charge in [0.1, 0.15) is 5.78 Å². The zero-order valence-electron chi connectivity index (χ0n) is 10.00. The van der Waals surface area contributed by atoms with Crippen LogP contribution in [0.5, 0.6) is 0 Å². The van der Waals surface area contributed by atoms with Crippen LogP contribution in [-0.4, -0.2) is 19.0 Å². The predicted molar refractivity (Wildman–Crippen MR) is 62.1 cm³/mol. The quantitative estimate of drug-likeness (QED) is 0.587. The zero-order valence-corrected chi connectivity index (χ0v) is 10.00. The molecule has 1 heterocycles. The van der Waals surface area contributed by atoms with Gasteiger partial charge in [0.05, 0.1) is 13.2 Å². The average molecular weight is 220 g/mol. The van der Waals surface area contributed by atoms with Gasteiger partial charge in [-0.15, -0.1) is 0 Å². The largest absolute Gasteiger partial charge is 0.380 e. The summed E-state index contributed by atoms with van der Waals surface area (Å²) in [5, 5.41) is 0. The molecule has 0 bridgehead atoms. The van der Waals surface area contributed by atoms with E-state index in [0.29, 0.717) is 23.5 Å². The summed E-state index contributed by atoms with van der Waals surface area (Å²) in [6.45, 7) is 3.93. The first-order valence-corrected chi connectivity index (χ1v) is 6.54. The summed E-state index contributed by atoms with van der Waals surface area (Å²) in [5.74, 6) is 2.06. The molecule has 3 aliphatic rings. The van der Waals surface area contributed by atoms with Gasteiger partial charge in [-0.25, -0.2) is 0 Å². The predicted octanol–water partition coefficient (Wildman–Crippen LogP) is 2.73. The summed E-state index contributed by atoms with van der Waals surface area (Å²) in [4.78, 5) is 11.9. The Balaban J connectivity index is 1.97. The summed E-state index contributed by atoms with van der Waals surface area (Å²) in [6, 6.07) is 0. The van der Waals surface area contributed by atoms with Crippen molar-refractivity contribution in [2.45, 2.75) is 39.0 Å². The monoisotopic (exact) mass is 220 g/mol. The number of Topliss-reactive ketones (excluding diaryl/α,β-unsaturated/α-hetero) is 1. The molecule has 0 spiro atoms. The van der Waals surface area contributed by atoms with Gasteiger partial charge in [-0.1, -0.05) is 11.1 Å².